The van der Waals surface area contributed by atoms with Crippen LogP contribution in [-0.2, 0) is 16.2 Å². The van der Waals surface area contributed by atoms with Crippen molar-refractivity contribution in [2.75, 3.05) is 24.9 Å². The number of likely N-dealkylation sites (N-methyl/N-ethyl adjacent to an activating group) is 1. The van der Waals surface area contributed by atoms with Crippen LogP contribution in [0.3, 0.4) is 0 Å². The standard InChI is InChI=1S/C24H21F5N2O3S3/c1-3-14-10-22(36-23(14)35-21-7-4-15(25)11-19(21)26)37(32,33)30-16-5-6-18(24(27,28)29)20(12-16)34-17-8-9-31(2)13-17/h3-7,10-12,17,30H,1,8-9,13H2,2H3/t17-/m1/s1. The number of hydrogen-bond donors (Lipinski definition) is 1. The summed E-state index contributed by atoms with van der Waals surface area (Å²) in [6, 6.07) is 7.16. The number of thiophene rings is 1. The molecule has 0 spiro atoms. The molecule has 0 bridgehead atoms. The molecule has 13 heteroatoms. The average Bonchev–Trinajstić information content (AvgIpc) is 3.41. The third kappa shape index (κ3) is 6.46. The highest BCUT2D eigenvalue weighted by molar-refractivity contribution is 8.02. The van der Waals surface area contributed by atoms with Gasteiger partial charge in [-0.25, -0.2) is 17.2 Å². The first-order valence-corrected chi connectivity index (χ1v) is 14.0. The van der Waals surface area contributed by atoms with Gasteiger partial charge in [0.05, 0.1) is 15.5 Å². The monoisotopic (exact) mass is 576 g/mol. The molecule has 0 unspecified atom stereocenters. The molecule has 1 aliphatic heterocycles. The summed E-state index contributed by atoms with van der Waals surface area (Å²) < 4.78 is 102. The van der Waals surface area contributed by atoms with E-state index in [1.54, 1.807) is 0 Å². The smallest absolute Gasteiger partial charge is 0.419 e. The predicted octanol–water partition coefficient (Wildman–Crippen LogP) is 6.72. The minimum atomic E-state index is -4.69. The Morgan fingerprint density at radius 1 is 1.19 bits per heavy atom. The van der Waals surface area contributed by atoms with E-state index in [1.807, 2.05) is 11.9 Å². The largest absolute Gasteiger partial charge is 0.488 e. The molecule has 3 aromatic rings. The molecule has 1 saturated heterocycles. The number of nitrogens with zero attached hydrogens (tertiary/aromatic N) is 1. The highest BCUT2D eigenvalue weighted by Gasteiger charge is 2.36. The highest BCUT2D eigenvalue weighted by Crippen LogP contribution is 2.42. The lowest BCUT2D eigenvalue weighted by molar-refractivity contribution is -0.139. The van der Waals surface area contributed by atoms with Crippen LogP contribution in [0.4, 0.5) is 27.6 Å². The van der Waals surface area contributed by atoms with Crippen LogP contribution in [0.25, 0.3) is 6.08 Å². The van der Waals surface area contributed by atoms with E-state index in [0.717, 1.165) is 53.4 Å². The molecule has 0 radical (unpaired) electrons. The van der Waals surface area contributed by atoms with Gasteiger partial charge >= 0.3 is 6.18 Å². The van der Waals surface area contributed by atoms with Crippen LogP contribution in [0.5, 0.6) is 5.75 Å². The van der Waals surface area contributed by atoms with Crippen molar-refractivity contribution in [3.05, 3.63) is 71.8 Å². The lowest BCUT2D eigenvalue weighted by atomic mass is 10.1. The third-order valence-corrected chi connectivity index (χ3v) is 9.74. The average molecular weight is 577 g/mol. The summed E-state index contributed by atoms with van der Waals surface area (Å²) in [4.78, 5) is 2.01. The van der Waals surface area contributed by atoms with Crippen LogP contribution in [-0.4, -0.2) is 39.6 Å². The predicted molar refractivity (Wildman–Crippen MR) is 134 cm³/mol. The lowest BCUT2D eigenvalue weighted by Gasteiger charge is -2.19. The van der Waals surface area contributed by atoms with E-state index in [1.165, 1.54) is 18.2 Å². The first-order valence-electron chi connectivity index (χ1n) is 10.8. The van der Waals surface area contributed by atoms with E-state index in [0.29, 0.717) is 29.3 Å². The summed E-state index contributed by atoms with van der Waals surface area (Å²) in [7, 11) is -2.40. The number of ether oxygens (including phenoxy) is 1. The molecule has 4 rings (SSSR count). The Bertz CT molecular complexity index is 1420. The van der Waals surface area contributed by atoms with Crippen molar-refractivity contribution in [2.45, 2.75) is 32.0 Å². The Kier molecular flexibility index (Phi) is 7.88. The van der Waals surface area contributed by atoms with Gasteiger partial charge in [-0.2, -0.15) is 13.2 Å². The molecule has 198 valence electrons. The molecule has 1 aliphatic rings. The van der Waals surface area contributed by atoms with Crippen molar-refractivity contribution in [1.29, 1.82) is 0 Å². The zero-order chi connectivity index (χ0) is 27.0. The van der Waals surface area contributed by atoms with Crippen LogP contribution in [0.2, 0.25) is 0 Å². The summed E-state index contributed by atoms with van der Waals surface area (Å²) in [6.07, 6.45) is -3.22. The normalized spacial score (nSPS) is 16.6. The maximum Gasteiger partial charge on any atom is 0.419 e. The number of hydrogen-bond acceptors (Lipinski definition) is 6. The second-order valence-corrected chi connectivity index (χ2v) is 12.6. The Morgan fingerprint density at radius 2 is 1.95 bits per heavy atom. The molecule has 2 heterocycles. The SMILES string of the molecule is C=Cc1cc(S(=O)(=O)Nc2ccc(C(F)(F)F)c(O[C@@H]3CCN(C)C3)c2)sc1Sc1ccc(F)cc1F. The summed E-state index contributed by atoms with van der Waals surface area (Å²) >= 11 is 1.73. The fraction of sp³-hybridized carbons (Fsp3) is 0.250. The maximum atomic E-state index is 14.1. The fourth-order valence-corrected chi connectivity index (χ4v) is 7.55. The summed E-state index contributed by atoms with van der Waals surface area (Å²) in [6.45, 7) is 4.76. The van der Waals surface area contributed by atoms with Crippen molar-refractivity contribution in [3.63, 3.8) is 0 Å². The Labute approximate surface area is 219 Å². The van der Waals surface area contributed by atoms with Gasteiger partial charge in [0.15, 0.2) is 0 Å². The van der Waals surface area contributed by atoms with E-state index < -0.39 is 45.3 Å². The molecule has 0 aliphatic carbocycles. The molecule has 2 aromatic carbocycles. The number of rotatable bonds is 8. The molecule has 1 N–H and O–H groups in total. The van der Waals surface area contributed by atoms with Crippen LogP contribution in [0.15, 0.2) is 62.4 Å². The van der Waals surface area contributed by atoms with Gasteiger partial charge in [-0.3, -0.25) is 4.72 Å². The van der Waals surface area contributed by atoms with Crippen molar-refractivity contribution < 1.29 is 35.1 Å². The number of likely N-dealkylation sites (tertiary alicyclic amines) is 1. The number of benzene rings is 2. The molecule has 0 saturated carbocycles. The van der Waals surface area contributed by atoms with Gasteiger partial charge < -0.3 is 9.64 Å². The molecule has 1 atom stereocenters. The molecule has 1 aromatic heterocycles. The van der Waals surface area contributed by atoms with Gasteiger partial charge in [0, 0.05) is 35.7 Å². The second-order valence-electron chi connectivity index (χ2n) is 8.29. The number of halogens is 5. The van der Waals surface area contributed by atoms with E-state index in [4.69, 9.17) is 4.74 Å². The number of sulfonamides is 1. The second kappa shape index (κ2) is 10.6. The summed E-state index contributed by atoms with van der Waals surface area (Å²) in [5, 5.41) is 0. The molecule has 0 amide bonds. The molecule has 37 heavy (non-hydrogen) atoms. The quantitative estimate of drug-likeness (QED) is 0.302. The van der Waals surface area contributed by atoms with E-state index in [-0.39, 0.29) is 14.8 Å². The lowest BCUT2D eigenvalue weighted by Crippen LogP contribution is -2.23. The van der Waals surface area contributed by atoms with Gasteiger partial charge in [0.25, 0.3) is 10.0 Å². The third-order valence-electron chi connectivity index (χ3n) is 5.46. The van der Waals surface area contributed by atoms with Crippen molar-refractivity contribution in [1.82, 2.24) is 4.90 Å². The Morgan fingerprint density at radius 3 is 2.57 bits per heavy atom. The van der Waals surface area contributed by atoms with E-state index in [9.17, 15) is 30.4 Å². The number of alkyl halides is 3. The van der Waals surface area contributed by atoms with E-state index >= 15 is 0 Å². The molecule has 5 nitrogen and oxygen atoms in total. The zero-order valence-electron chi connectivity index (χ0n) is 19.3. The van der Waals surface area contributed by atoms with Crippen LogP contribution < -0.4 is 9.46 Å². The summed E-state index contributed by atoms with van der Waals surface area (Å²) in [5.74, 6) is -2.01. The van der Waals surface area contributed by atoms with Gasteiger partial charge in [-0.05, 0) is 43.8 Å². The number of anilines is 1. The van der Waals surface area contributed by atoms with E-state index in [2.05, 4.69) is 11.3 Å². The van der Waals surface area contributed by atoms with Crippen LogP contribution in [0, 0.1) is 11.6 Å². The topological polar surface area (TPSA) is 58.6 Å². The Balaban J connectivity index is 1.61. The van der Waals surface area contributed by atoms with Crippen molar-refractivity contribution in [3.8, 4) is 5.75 Å². The Hall–Kier alpha value is -2.61. The molecular weight excluding hydrogens is 555 g/mol. The first-order chi connectivity index (χ1) is 17.4. The van der Waals surface area contributed by atoms with Crippen molar-refractivity contribution in [2.24, 2.45) is 0 Å². The van der Waals surface area contributed by atoms with Gasteiger partial charge in [-0.15, -0.1) is 11.3 Å². The minimum Gasteiger partial charge on any atom is -0.488 e. The zero-order valence-corrected chi connectivity index (χ0v) is 21.8. The maximum absolute atomic E-state index is 14.1. The van der Waals surface area contributed by atoms with Crippen LogP contribution in [0.1, 0.15) is 17.5 Å². The minimum absolute atomic E-state index is 0.0883. The highest BCUT2D eigenvalue weighted by atomic mass is 32.3. The molecule has 1 fully saturated rings. The number of nitrogens with one attached hydrogen (secondary N) is 1. The van der Waals surface area contributed by atoms with Gasteiger partial charge in [0.2, 0.25) is 0 Å². The fourth-order valence-electron chi connectivity index (χ4n) is 3.67. The van der Waals surface area contributed by atoms with Crippen LogP contribution >= 0.6 is 23.1 Å². The van der Waals surface area contributed by atoms with Crippen molar-refractivity contribution >= 4 is 44.9 Å². The summed E-state index contributed by atoms with van der Waals surface area (Å²) in [5.41, 5.74) is -0.710. The van der Waals surface area contributed by atoms with Gasteiger partial charge in [0.1, 0.15) is 27.7 Å². The molecular formula is C24H21F5N2O3S3. The van der Waals surface area contributed by atoms with Gasteiger partial charge in [-0.1, -0.05) is 24.4 Å². The first kappa shape index (κ1) is 27.4.